The first-order valence-electron chi connectivity index (χ1n) is 7.56. The first-order valence-corrected chi connectivity index (χ1v) is 7.56. The summed E-state index contributed by atoms with van der Waals surface area (Å²) in [6.07, 6.45) is 4.84. The predicted octanol–water partition coefficient (Wildman–Crippen LogP) is 1.69. The summed E-state index contributed by atoms with van der Waals surface area (Å²) in [5.41, 5.74) is 8.06. The van der Waals surface area contributed by atoms with E-state index >= 15 is 0 Å². The Morgan fingerprint density at radius 1 is 1.14 bits per heavy atom. The minimum atomic E-state index is 0.197. The maximum absolute atomic E-state index is 9.07. The summed E-state index contributed by atoms with van der Waals surface area (Å²) in [4.78, 5) is 0. The lowest BCUT2D eigenvalue weighted by Crippen LogP contribution is -2.15. The second kappa shape index (κ2) is 6.37. The molecule has 0 aliphatic carbocycles. The van der Waals surface area contributed by atoms with Crippen LogP contribution in [-0.4, -0.2) is 36.0 Å². The largest absolute Gasteiger partial charge is 0.486 e. The Morgan fingerprint density at radius 3 is 2.62 bits per heavy atom. The number of aromatic nitrogens is 1. The molecule has 0 radical (unpaired) electrons. The molecule has 0 unspecified atom stereocenters. The van der Waals surface area contributed by atoms with E-state index in [1.165, 1.54) is 10.9 Å². The van der Waals surface area contributed by atoms with Gasteiger partial charge in [0.1, 0.15) is 13.2 Å². The fraction of sp³-hybridized carbons (Fsp3) is 0.500. The van der Waals surface area contributed by atoms with Crippen LogP contribution in [0.2, 0.25) is 0 Å². The number of aliphatic hydroxyl groups excluding tert-OH is 1. The van der Waals surface area contributed by atoms with Crippen molar-refractivity contribution in [3.8, 4) is 11.5 Å². The van der Waals surface area contributed by atoms with Gasteiger partial charge in [-0.3, -0.25) is 0 Å². The fourth-order valence-corrected chi connectivity index (χ4v) is 2.82. The molecule has 0 spiro atoms. The summed E-state index contributed by atoms with van der Waals surface area (Å²) in [6.45, 7) is 2.88. The molecule has 0 atom stereocenters. The van der Waals surface area contributed by atoms with Gasteiger partial charge in [0.25, 0.3) is 0 Å². The second-order valence-corrected chi connectivity index (χ2v) is 5.33. The van der Waals surface area contributed by atoms with Crippen LogP contribution in [0.15, 0.2) is 18.3 Å². The zero-order valence-electron chi connectivity index (χ0n) is 12.2. The average Bonchev–Trinajstić information content (AvgIpc) is 2.86. The van der Waals surface area contributed by atoms with Crippen LogP contribution in [0.25, 0.3) is 10.9 Å². The third-order valence-electron chi connectivity index (χ3n) is 3.83. The number of benzene rings is 1. The molecule has 3 rings (SSSR count). The van der Waals surface area contributed by atoms with Crippen molar-refractivity contribution in [2.24, 2.45) is 5.73 Å². The molecule has 2 aromatic rings. The maximum Gasteiger partial charge on any atom is 0.163 e. The third-order valence-corrected chi connectivity index (χ3v) is 3.83. The highest BCUT2D eigenvalue weighted by atomic mass is 16.6. The molecule has 1 aromatic heterocycles. The van der Waals surface area contributed by atoms with Gasteiger partial charge in [-0.25, -0.2) is 0 Å². The van der Waals surface area contributed by atoms with E-state index < -0.39 is 0 Å². The molecule has 1 aliphatic rings. The average molecular weight is 290 g/mol. The molecule has 1 aromatic carbocycles. The standard InChI is InChI=1S/C16H22N2O3/c17-4-1-3-12-11-18(5-2-6-19)14-10-16-15(9-13(12)14)20-7-8-21-16/h9-11,19H,1-8,17H2. The van der Waals surface area contributed by atoms with Gasteiger partial charge in [0.2, 0.25) is 0 Å². The SMILES string of the molecule is NCCCc1cn(CCCO)c2cc3c(cc12)OCCO3. The summed E-state index contributed by atoms with van der Waals surface area (Å²) in [5.74, 6) is 1.63. The Labute approximate surface area is 124 Å². The lowest BCUT2D eigenvalue weighted by atomic mass is 10.1. The molecule has 0 saturated heterocycles. The summed E-state index contributed by atoms with van der Waals surface area (Å²) >= 11 is 0. The van der Waals surface area contributed by atoms with Gasteiger partial charge in [-0.15, -0.1) is 0 Å². The van der Waals surface area contributed by atoms with Crippen LogP contribution >= 0.6 is 0 Å². The Kier molecular flexibility index (Phi) is 4.31. The van der Waals surface area contributed by atoms with E-state index in [0.29, 0.717) is 19.8 Å². The van der Waals surface area contributed by atoms with E-state index in [0.717, 1.165) is 42.8 Å². The van der Waals surface area contributed by atoms with Gasteiger partial charge in [-0.05, 0) is 37.4 Å². The summed E-state index contributed by atoms with van der Waals surface area (Å²) in [5, 5.41) is 10.3. The summed E-state index contributed by atoms with van der Waals surface area (Å²) in [7, 11) is 0. The lowest BCUT2D eigenvalue weighted by Gasteiger charge is -2.18. The minimum Gasteiger partial charge on any atom is -0.486 e. The van der Waals surface area contributed by atoms with E-state index in [1.807, 2.05) is 6.07 Å². The second-order valence-electron chi connectivity index (χ2n) is 5.33. The predicted molar refractivity (Wildman–Crippen MR) is 82.0 cm³/mol. The van der Waals surface area contributed by atoms with Crippen LogP contribution in [0.1, 0.15) is 18.4 Å². The number of hydrogen-bond donors (Lipinski definition) is 2. The number of ether oxygens (including phenoxy) is 2. The monoisotopic (exact) mass is 290 g/mol. The van der Waals surface area contributed by atoms with E-state index in [9.17, 15) is 0 Å². The van der Waals surface area contributed by atoms with Crippen molar-refractivity contribution >= 4 is 10.9 Å². The number of aryl methyl sites for hydroxylation is 2. The van der Waals surface area contributed by atoms with E-state index in [1.54, 1.807) is 0 Å². The Balaban J connectivity index is 2.04. The van der Waals surface area contributed by atoms with Crippen LogP contribution < -0.4 is 15.2 Å². The first kappa shape index (κ1) is 14.2. The quantitative estimate of drug-likeness (QED) is 0.849. The van der Waals surface area contributed by atoms with Crippen LogP contribution in [0, 0.1) is 0 Å². The number of nitrogens with zero attached hydrogens (tertiary/aromatic N) is 1. The van der Waals surface area contributed by atoms with Crippen LogP contribution in [0.4, 0.5) is 0 Å². The van der Waals surface area contributed by atoms with Crippen LogP contribution in [0.5, 0.6) is 11.5 Å². The first-order chi connectivity index (χ1) is 10.3. The molecule has 0 saturated carbocycles. The molecule has 0 bridgehead atoms. The Bertz CT molecular complexity index is 569. The zero-order valence-corrected chi connectivity index (χ0v) is 12.2. The molecule has 2 heterocycles. The Hall–Kier alpha value is -1.72. The molecule has 3 N–H and O–H groups in total. The Morgan fingerprint density at radius 2 is 1.90 bits per heavy atom. The van der Waals surface area contributed by atoms with Crippen LogP contribution in [0.3, 0.4) is 0 Å². The number of nitrogens with two attached hydrogens (primary N) is 1. The zero-order chi connectivity index (χ0) is 14.7. The molecule has 21 heavy (non-hydrogen) atoms. The van der Waals surface area contributed by atoms with Crippen LogP contribution in [-0.2, 0) is 13.0 Å². The summed E-state index contributed by atoms with van der Waals surface area (Å²) < 4.78 is 13.5. The lowest BCUT2D eigenvalue weighted by molar-refractivity contribution is 0.172. The van der Waals surface area contributed by atoms with Crippen molar-refractivity contribution in [3.05, 3.63) is 23.9 Å². The molecular formula is C16H22N2O3. The molecule has 0 fully saturated rings. The van der Waals surface area contributed by atoms with Gasteiger partial charge in [0.15, 0.2) is 11.5 Å². The van der Waals surface area contributed by atoms with Gasteiger partial charge >= 0.3 is 0 Å². The molecular weight excluding hydrogens is 268 g/mol. The van der Waals surface area contributed by atoms with Gasteiger partial charge in [0, 0.05) is 30.8 Å². The smallest absolute Gasteiger partial charge is 0.163 e. The van der Waals surface area contributed by atoms with Gasteiger partial charge < -0.3 is 24.9 Å². The molecule has 114 valence electrons. The highest BCUT2D eigenvalue weighted by molar-refractivity contribution is 5.87. The number of fused-ring (bicyclic) bond motifs is 2. The normalized spacial score (nSPS) is 13.8. The van der Waals surface area contributed by atoms with E-state index in [4.69, 9.17) is 20.3 Å². The highest BCUT2D eigenvalue weighted by Gasteiger charge is 2.17. The van der Waals surface area contributed by atoms with Crippen molar-refractivity contribution in [2.45, 2.75) is 25.8 Å². The van der Waals surface area contributed by atoms with Crippen molar-refractivity contribution in [3.63, 3.8) is 0 Å². The third kappa shape index (κ3) is 2.84. The number of aliphatic hydroxyl groups is 1. The van der Waals surface area contributed by atoms with Crippen molar-refractivity contribution in [1.29, 1.82) is 0 Å². The number of rotatable bonds is 6. The van der Waals surface area contributed by atoms with E-state index in [-0.39, 0.29) is 6.61 Å². The van der Waals surface area contributed by atoms with E-state index in [2.05, 4.69) is 16.8 Å². The maximum atomic E-state index is 9.07. The van der Waals surface area contributed by atoms with Gasteiger partial charge in [0.05, 0.1) is 5.52 Å². The van der Waals surface area contributed by atoms with Gasteiger partial charge in [-0.1, -0.05) is 0 Å². The fourth-order valence-electron chi connectivity index (χ4n) is 2.82. The number of hydrogen-bond acceptors (Lipinski definition) is 4. The van der Waals surface area contributed by atoms with Gasteiger partial charge in [-0.2, -0.15) is 0 Å². The van der Waals surface area contributed by atoms with Crippen molar-refractivity contribution < 1.29 is 14.6 Å². The topological polar surface area (TPSA) is 69.6 Å². The molecule has 5 nitrogen and oxygen atoms in total. The highest BCUT2D eigenvalue weighted by Crippen LogP contribution is 2.37. The molecule has 5 heteroatoms. The molecule has 0 amide bonds. The summed E-state index contributed by atoms with van der Waals surface area (Å²) in [6, 6.07) is 4.12. The molecule has 1 aliphatic heterocycles. The minimum absolute atomic E-state index is 0.197. The van der Waals surface area contributed by atoms with Crippen molar-refractivity contribution in [1.82, 2.24) is 4.57 Å². The van der Waals surface area contributed by atoms with Crippen molar-refractivity contribution in [2.75, 3.05) is 26.4 Å².